The highest BCUT2D eigenvalue weighted by molar-refractivity contribution is 5.67. The molecule has 10 heteroatoms. The maximum Gasteiger partial charge on any atom is 0.336 e. The van der Waals surface area contributed by atoms with E-state index in [0.29, 0.717) is 17.7 Å². The summed E-state index contributed by atoms with van der Waals surface area (Å²) in [5, 5.41) is 32.0. The Morgan fingerprint density at radius 3 is 2.74 bits per heavy atom. The Labute approximate surface area is 178 Å². The number of imidazole rings is 1. The van der Waals surface area contributed by atoms with Crippen LogP contribution in [0.1, 0.15) is 26.7 Å². The van der Waals surface area contributed by atoms with Gasteiger partial charge in [0.05, 0.1) is 29.9 Å². The zero-order valence-electron chi connectivity index (χ0n) is 17.1. The highest BCUT2D eigenvalue weighted by atomic mass is 19.1. The Morgan fingerprint density at radius 2 is 2.06 bits per heavy atom. The number of benzene rings is 1. The Kier molecular flexibility index (Phi) is 4.45. The van der Waals surface area contributed by atoms with Crippen LogP contribution in [-0.2, 0) is 0 Å². The number of nitrogens with zero attached hydrogens (tertiary/aromatic N) is 5. The third-order valence-corrected chi connectivity index (χ3v) is 6.34. The van der Waals surface area contributed by atoms with E-state index in [1.807, 2.05) is 13.0 Å². The lowest BCUT2D eigenvalue weighted by molar-refractivity contribution is -0.0198. The van der Waals surface area contributed by atoms with E-state index >= 15 is 4.39 Å². The number of phenols is 1. The first-order valence-electron chi connectivity index (χ1n) is 10.1. The van der Waals surface area contributed by atoms with Crippen molar-refractivity contribution in [2.75, 3.05) is 0 Å². The van der Waals surface area contributed by atoms with Gasteiger partial charge in [0, 0.05) is 36.0 Å². The molecule has 31 heavy (non-hydrogen) atoms. The molecule has 2 aromatic heterocycles. The molecule has 2 fully saturated rings. The Hall–Kier alpha value is -3.11. The van der Waals surface area contributed by atoms with Gasteiger partial charge in [-0.15, -0.1) is 5.10 Å². The van der Waals surface area contributed by atoms with E-state index in [1.54, 1.807) is 42.3 Å². The summed E-state index contributed by atoms with van der Waals surface area (Å²) >= 11 is 0. The average molecular weight is 426 g/mol. The molecule has 2 saturated heterocycles. The van der Waals surface area contributed by atoms with Gasteiger partial charge in [-0.1, -0.05) is 5.10 Å². The number of phenolic OH excluding ortho intramolecular Hbond substituents is 1. The summed E-state index contributed by atoms with van der Waals surface area (Å²) in [6, 6.07) is 5.07. The quantitative estimate of drug-likeness (QED) is 0.578. The Balaban J connectivity index is 1.34. The summed E-state index contributed by atoms with van der Waals surface area (Å²) in [5.41, 5.74) is 0.0736. The summed E-state index contributed by atoms with van der Waals surface area (Å²) in [6.45, 7) is 3.61. The number of aromatic hydroxyl groups is 1. The largest absolute Gasteiger partial charge is 0.507 e. The maximum absolute atomic E-state index is 15.1. The first-order valence-corrected chi connectivity index (χ1v) is 10.1. The maximum atomic E-state index is 15.1. The molecule has 0 spiro atoms. The van der Waals surface area contributed by atoms with Crippen LogP contribution in [0.3, 0.4) is 0 Å². The molecule has 0 saturated carbocycles. The van der Waals surface area contributed by atoms with Crippen molar-refractivity contribution in [2.24, 2.45) is 0 Å². The second-order valence-corrected chi connectivity index (χ2v) is 8.74. The molecule has 0 amide bonds. The molecule has 2 aliphatic rings. The van der Waals surface area contributed by atoms with Gasteiger partial charge in [0.15, 0.2) is 6.17 Å². The predicted molar refractivity (Wildman–Crippen MR) is 109 cm³/mol. The molecule has 5 atom stereocenters. The number of ether oxygens (including phenoxy) is 1. The van der Waals surface area contributed by atoms with Gasteiger partial charge in [-0.3, -0.25) is 0 Å². The molecule has 0 unspecified atom stereocenters. The third-order valence-electron chi connectivity index (χ3n) is 6.34. The lowest BCUT2D eigenvalue weighted by Crippen LogP contribution is -2.64. The highest BCUT2D eigenvalue weighted by Gasteiger charge is 2.60. The zero-order chi connectivity index (χ0) is 21.8. The zero-order valence-corrected chi connectivity index (χ0v) is 17.1. The second-order valence-electron chi connectivity index (χ2n) is 8.74. The SMILES string of the molecule is C[C@]12C[C@@H](Oc3ncc(-c4ccc(-n5ccnc5)cc4O)nn3)[C@H](F)[C@](C)(C[C@H]1O)N2. The standard InChI is InChI=1S/C21H23FN6O3/c1-20-8-16(18(22)21(2,27-20)9-17(20)30)31-19-24-10-14(25-26-19)13-4-3-12(7-15(13)29)28-6-5-23-11-28/h3-7,10-11,16-18,27,29-30H,8-9H2,1-2H3/t16-,17-,18+,20+,21+/m1/s1. The topological polar surface area (TPSA) is 118 Å². The molecule has 9 nitrogen and oxygen atoms in total. The smallest absolute Gasteiger partial charge is 0.336 e. The van der Waals surface area contributed by atoms with Crippen molar-refractivity contribution in [1.29, 1.82) is 0 Å². The van der Waals surface area contributed by atoms with E-state index in [-0.39, 0.29) is 18.2 Å². The predicted octanol–water partition coefficient (Wildman–Crippen LogP) is 1.79. The van der Waals surface area contributed by atoms with E-state index in [4.69, 9.17) is 4.74 Å². The molecule has 2 bridgehead atoms. The van der Waals surface area contributed by atoms with Crippen molar-refractivity contribution in [2.45, 2.75) is 56.1 Å². The minimum Gasteiger partial charge on any atom is -0.507 e. The summed E-state index contributed by atoms with van der Waals surface area (Å²) in [4.78, 5) is 8.15. The second kappa shape index (κ2) is 6.96. The number of nitrogens with one attached hydrogen (secondary N) is 1. The van der Waals surface area contributed by atoms with Crippen molar-refractivity contribution in [3.63, 3.8) is 0 Å². The number of rotatable bonds is 4. The van der Waals surface area contributed by atoms with Crippen molar-refractivity contribution in [3.05, 3.63) is 43.1 Å². The summed E-state index contributed by atoms with van der Waals surface area (Å²) in [5.74, 6) is 0.0181. The van der Waals surface area contributed by atoms with Crippen LogP contribution in [0.2, 0.25) is 0 Å². The van der Waals surface area contributed by atoms with Gasteiger partial charge in [-0.2, -0.15) is 0 Å². The molecule has 2 aliphatic heterocycles. The number of hydrogen-bond donors (Lipinski definition) is 3. The normalized spacial score (nSPS) is 32.2. The van der Waals surface area contributed by atoms with E-state index < -0.39 is 29.5 Å². The molecule has 4 heterocycles. The minimum absolute atomic E-state index is 0.0181. The molecule has 1 aromatic carbocycles. The van der Waals surface area contributed by atoms with Crippen LogP contribution in [0.4, 0.5) is 4.39 Å². The number of aliphatic hydroxyl groups is 1. The summed E-state index contributed by atoms with van der Waals surface area (Å²) < 4.78 is 22.6. The van der Waals surface area contributed by atoms with Crippen molar-refractivity contribution < 1.29 is 19.3 Å². The van der Waals surface area contributed by atoms with Crippen LogP contribution in [0.15, 0.2) is 43.1 Å². The van der Waals surface area contributed by atoms with Gasteiger partial charge >= 0.3 is 6.01 Å². The van der Waals surface area contributed by atoms with E-state index in [2.05, 4.69) is 25.5 Å². The fourth-order valence-corrected chi connectivity index (χ4v) is 4.70. The third kappa shape index (κ3) is 3.31. The van der Waals surface area contributed by atoms with E-state index in [0.717, 1.165) is 5.69 Å². The summed E-state index contributed by atoms with van der Waals surface area (Å²) in [6.07, 6.45) is 4.29. The van der Waals surface area contributed by atoms with Crippen LogP contribution in [-0.4, -0.2) is 64.4 Å². The number of aromatic nitrogens is 5. The van der Waals surface area contributed by atoms with Gasteiger partial charge in [-0.05, 0) is 32.4 Å². The van der Waals surface area contributed by atoms with Gasteiger partial charge in [0.25, 0.3) is 0 Å². The monoisotopic (exact) mass is 426 g/mol. The first-order chi connectivity index (χ1) is 14.8. The lowest BCUT2D eigenvalue weighted by atomic mass is 9.84. The van der Waals surface area contributed by atoms with Crippen LogP contribution >= 0.6 is 0 Å². The van der Waals surface area contributed by atoms with E-state index in [1.165, 1.54) is 6.20 Å². The molecule has 3 aromatic rings. The molecule has 0 aliphatic carbocycles. The summed E-state index contributed by atoms with van der Waals surface area (Å²) in [7, 11) is 0. The minimum atomic E-state index is -1.33. The lowest BCUT2D eigenvalue weighted by Gasteiger charge is -2.43. The van der Waals surface area contributed by atoms with Gasteiger partial charge in [0.2, 0.25) is 0 Å². The molecule has 0 radical (unpaired) electrons. The Morgan fingerprint density at radius 1 is 1.23 bits per heavy atom. The molecular formula is C21H23FN6O3. The van der Waals surface area contributed by atoms with Gasteiger partial charge in [0.1, 0.15) is 17.5 Å². The average Bonchev–Trinajstić information content (AvgIpc) is 3.33. The van der Waals surface area contributed by atoms with Crippen molar-refractivity contribution in [3.8, 4) is 28.7 Å². The number of piperidine rings is 1. The molecular weight excluding hydrogens is 403 g/mol. The molecule has 3 N–H and O–H groups in total. The van der Waals surface area contributed by atoms with Gasteiger partial charge < -0.3 is 24.8 Å². The molecule has 5 rings (SSSR count). The molecule has 162 valence electrons. The fourth-order valence-electron chi connectivity index (χ4n) is 4.70. The van der Waals surface area contributed by atoms with E-state index in [9.17, 15) is 10.2 Å². The fraction of sp³-hybridized carbons (Fsp3) is 0.429. The van der Waals surface area contributed by atoms with Crippen LogP contribution < -0.4 is 10.1 Å². The van der Waals surface area contributed by atoms with Crippen LogP contribution in [0.25, 0.3) is 16.9 Å². The number of hydrogen-bond acceptors (Lipinski definition) is 8. The van der Waals surface area contributed by atoms with Crippen molar-refractivity contribution in [1.82, 2.24) is 30.0 Å². The number of aliphatic hydroxyl groups excluding tert-OH is 1. The number of halogens is 1. The van der Waals surface area contributed by atoms with Crippen LogP contribution in [0.5, 0.6) is 11.8 Å². The van der Waals surface area contributed by atoms with Crippen LogP contribution in [0, 0.1) is 0 Å². The van der Waals surface area contributed by atoms with Gasteiger partial charge in [-0.25, -0.2) is 14.4 Å². The Bertz CT molecular complexity index is 1100. The first kappa shape index (κ1) is 19.8. The number of alkyl halides is 1. The number of fused-ring (bicyclic) bond motifs is 2. The van der Waals surface area contributed by atoms with Crippen molar-refractivity contribution >= 4 is 0 Å². The highest BCUT2D eigenvalue weighted by Crippen LogP contribution is 2.44.